The van der Waals surface area contributed by atoms with Crippen molar-refractivity contribution in [2.75, 3.05) is 13.2 Å². The fourth-order valence-electron chi connectivity index (χ4n) is 7.78. The summed E-state index contributed by atoms with van der Waals surface area (Å²) in [4.78, 5) is 0. The van der Waals surface area contributed by atoms with Crippen LogP contribution in [-0.4, -0.2) is 23.4 Å². The van der Waals surface area contributed by atoms with Gasteiger partial charge in [-0.1, -0.05) is 182 Å². The summed E-state index contributed by atoms with van der Waals surface area (Å²) in [6.07, 6.45) is 43.7. The molecule has 2 N–H and O–H groups in total. The van der Waals surface area contributed by atoms with E-state index < -0.39 is 0 Å². The first-order valence-electron chi connectivity index (χ1n) is 19.5. The van der Waals surface area contributed by atoms with Gasteiger partial charge in [-0.3, -0.25) is 0 Å². The van der Waals surface area contributed by atoms with Crippen LogP contribution in [0.3, 0.4) is 0 Å². The molecule has 0 heterocycles. The van der Waals surface area contributed by atoms with Gasteiger partial charge in [0.1, 0.15) is 0 Å². The number of hydrogen-bond acceptors (Lipinski definition) is 2. The van der Waals surface area contributed by atoms with Gasteiger partial charge in [-0.15, -0.1) is 0 Å². The van der Waals surface area contributed by atoms with Gasteiger partial charge in [-0.05, 0) is 104 Å². The molecule has 0 fully saturated rings. The van der Waals surface area contributed by atoms with Crippen LogP contribution in [-0.2, 0) is 0 Å². The van der Waals surface area contributed by atoms with Crippen LogP contribution < -0.4 is 0 Å². The molecule has 0 aliphatic heterocycles. The van der Waals surface area contributed by atoms with Crippen molar-refractivity contribution in [2.45, 2.75) is 109 Å². The van der Waals surface area contributed by atoms with Gasteiger partial charge in [-0.25, -0.2) is 0 Å². The van der Waals surface area contributed by atoms with Gasteiger partial charge in [0.05, 0.1) is 13.2 Å². The summed E-state index contributed by atoms with van der Waals surface area (Å²) in [5.74, 6) is 1.94. The zero-order chi connectivity index (χ0) is 38.9. The first kappa shape index (κ1) is 44.7. The molecule has 0 spiro atoms. The highest BCUT2D eigenvalue weighted by atomic mass is 16.3. The van der Waals surface area contributed by atoms with Crippen LogP contribution in [0.2, 0.25) is 0 Å². The quantitative estimate of drug-likeness (QED) is 0.124. The maximum atomic E-state index is 9.31. The van der Waals surface area contributed by atoms with Gasteiger partial charge in [0.2, 0.25) is 0 Å². The molecule has 0 radical (unpaired) electrons. The van der Waals surface area contributed by atoms with E-state index in [0.717, 1.165) is 25.7 Å². The fourth-order valence-corrected chi connectivity index (χ4v) is 7.78. The molecule has 0 unspecified atom stereocenters. The molecule has 2 aliphatic carbocycles. The average molecular weight is 705 g/mol. The summed E-state index contributed by atoms with van der Waals surface area (Å²) in [6.45, 7) is 27.2. The van der Waals surface area contributed by atoms with Crippen LogP contribution in [0.5, 0.6) is 0 Å². The van der Waals surface area contributed by atoms with Crippen LogP contribution in [0.1, 0.15) is 109 Å². The summed E-state index contributed by atoms with van der Waals surface area (Å²) in [7, 11) is 0. The van der Waals surface area contributed by atoms with E-state index in [4.69, 9.17) is 0 Å². The van der Waals surface area contributed by atoms with Crippen LogP contribution in [0.25, 0.3) is 0 Å². The Labute approximate surface area is 319 Å². The van der Waals surface area contributed by atoms with Crippen LogP contribution in [0, 0.1) is 34.5 Å². The topological polar surface area (TPSA) is 40.5 Å². The highest BCUT2D eigenvalue weighted by Gasteiger charge is 2.40. The molecule has 2 heteroatoms. The van der Waals surface area contributed by atoms with E-state index in [0.29, 0.717) is 23.7 Å². The van der Waals surface area contributed by atoms with Crippen molar-refractivity contribution < 1.29 is 10.2 Å². The van der Waals surface area contributed by atoms with Gasteiger partial charge in [0.25, 0.3) is 0 Å². The lowest BCUT2D eigenvalue weighted by Crippen LogP contribution is -2.35. The Hall–Kier alpha value is -3.46. The standard InChI is InChI=1S/C50H72O2/c1-37(19-15-21-39(3)23-29-47-43(7)25-27-45(49(47,9)10)35-41(5)31-33-51)17-13-14-18-38(2)20-16-22-40(4)24-30-48-44(8)26-28-46(50(48,11)12)36-42(6)32-34-52/h13-26,29-32,45-48,51-52H,27-28,33-36H2,1-12H3/b14-13+,19-15+,20-16+,29-23+,30-24+,37-17+,38-18+,39-21+,40-22+,41-31+,42-32+/t45-,46-,47-,48+/m1/s1. The number of allylic oxidation sites excluding steroid dienone is 24. The van der Waals surface area contributed by atoms with E-state index in [2.05, 4.69) is 180 Å². The highest BCUT2D eigenvalue weighted by Crippen LogP contribution is 2.49. The Bertz CT molecular complexity index is 1460. The van der Waals surface area contributed by atoms with Gasteiger partial charge in [0.15, 0.2) is 0 Å². The summed E-state index contributed by atoms with van der Waals surface area (Å²) in [6, 6.07) is 0. The molecule has 2 nitrogen and oxygen atoms in total. The predicted molar refractivity (Wildman–Crippen MR) is 230 cm³/mol. The molecule has 284 valence electrons. The molecule has 0 aromatic heterocycles. The third-order valence-electron chi connectivity index (χ3n) is 11.5. The van der Waals surface area contributed by atoms with Crippen LogP contribution in [0.4, 0.5) is 0 Å². The van der Waals surface area contributed by atoms with Crippen molar-refractivity contribution in [1.29, 1.82) is 0 Å². The zero-order valence-corrected chi connectivity index (χ0v) is 34.8. The van der Waals surface area contributed by atoms with E-state index in [1.54, 1.807) is 0 Å². The normalized spacial score (nSPS) is 25.7. The van der Waals surface area contributed by atoms with Gasteiger partial charge >= 0.3 is 0 Å². The lowest BCUT2D eigenvalue weighted by molar-refractivity contribution is 0.151. The second-order valence-electron chi connectivity index (χ2n) is 16.7. The maximum absolute atomic E-state index is 9.31. The van der Waals surface area contributed by atoms with E-state index in [9.17, 15) is 10.2 Å². The lowest BCUT2D eigenvalue weighted by Gasteiger charge is -2.44. The van der Waals surface area contributed by atoms with Gasteiger partial charge in [-0.2, -0.15) is 0 Å². The smallest absolute Gasteiger partial charge is 0.0614 e. The summed E-state index contributed by atoms with van der Waals surface area (Å²) in [5, 5.41) is 18.6. The molecule has 52 heavy (non-hydrogen) atoms. The van der Waals surface area contributed by atoms with Crippen LogP contribution in [0.15, 0.2) is 154 Å². The summed E-state index contributed by atoms with van der Waals surface area (Å²) < 4.78 is 0. The molecule has 4 atom stereocenters. The van der Waals surface area contributed by atoms with Crippen molar-refractivity contribution >= 4 is 0 Å². The number of aliphatic hydroxyl groups excluding tert-OH is 2. The molecule has 0 saturated carbocycles. The molecule has 0 amide bonds. The third kappa shape index (κ3) is 14.5. The Kier molecular flexibility index (Phi) is 18.8. The monoisotopic (exact) mass is 705 g/mol. The molecule has 0 bridgehead atoms. The molecular formula is C50H72O2. The van der Waals surface area contributed by atoms with Crippen molar-refractivity contribution in [1.82, 2.24) is 0 Å². The molecule has 2 rings (SSSR count). The lowest BCUT2D eigenvalue weighted by atomic mass is 9.61. The largest absolute Gasteiger partial charge is 0.392 e. The maximum Gasteiger partial charge on any atom is 0.0614 e. The molecule has 2 aliphatic rings. The van der Waals surface area contributed by atoms with Crippen molar-refractivity contribution in [3.8, 4) is 0 Å². The van der Waals surface area contributed by atoms with E-state index >= 15 is 0 Å². The van der Waals surface area contributed by atoms with Crippen molar-refractivity contribution in [2.24, 2.45) is 34.5 Å². The number of aliphatic hydroxyl groups is 2. The molecule has 0 aromatic carbocycles. The Morgan fingerprint density at radius 3 is 1.23 bits per heavy atom. The summed E-state index contributed by atoms with van der Waals surface area (Å²) >= 11 is 0. The first-order chi connectivity index (χ1) is 24.5. The Morgan fingerprint density at radius 2 is 0.885 bits per heavy atom. The summed E-state index contributed by atoms with van der Waals surface area (Å²) in [5.41, 5.74) is 10.7. The fraction of sp³-hybridized carbons (Fsp3) is 0.480. The molecular weight excluding hydrogens is 633 g/mol. The second kappa shape index (κ2) is 21.9. The minimum atomic E-state index is 0.122. The number of rotatable bonds is 16. The SMILES string of the molecule is CC1=CC[C@H](C/C(C)=C/CO)C(C)(C)[C@@H]1/C=C/C(C)=C/C=C/C(C)=C/C=C/C=C(C)/C=C/C=C(C)/C=C/[C@H]1C(C)=CC[C@H](C/C(C)=C/CO)C1(C)C. The van der Waals surface area contributed by atoms with E-state index in [1.807, 2.05) is 12.2 Å². The second-order valence-corrected chi connectivity index (χ2v) is 16.7. The van der Waals surface area contributed by atoms with Crippen molar-refractivity contribution in [3.63, 3.8) is 0 Å². The van der Waals surface area contributed by atoms with Crippen molar-refractivity contribution in [3.05, 3.63) is 154 Å². The third-order valence-corrected chi connectivity index (χ3v) is 11.5. The predicted octanol–water partition coefficient (Wildman–Crippen LogP) is 13.4. The molecule has 0 saturated heterocycles. The minimum Gasteiger partial charge on any atom is -0.392 e. The Balaban J connectivity index is 1.95. The Morgan fingerprint density at radius 1 is 0.558 bits per heavy atom. The minimum absolute atomic E-state index is 0.122. The zero-order valence-electron chi connectivity index (χ0n) is 34.8. The number of hydrogen-bond donors (Lipinski definition) is 2. The first-order valence-corrected chi connectivity index (χ1v) is 19.5. The van der Waals surface area contributed by atoms with Gasteiger partial charge in [0, 0.05) is 11.8 Å². The molecule has 0 aromatic rings. The van der Waals surface area contributed by atoms with Crippen LogP contribution >= 0.6 is 0 Å². The van der Waals surface area contributed by atoms with E-state index in [1.165, 1.54) is 44.6 Å². The highest BCUT2D eigenvalue weighted by molar-refractivity contribution is 5.33. The van der Waals surface area contributed by atoms with Gasteiger partial charge < -0.3 is 10.2 Å². The average Bonchev–Trinajstić information content (AvgIpc) is 3.05. The van der Waals surface area contributed by atoms with E-state index in [-0.39, 0.29) is 24.0 Å².